The third-order valence-electron chi connectivity index (χ3n) is 3.97. The van der Waals surface area contributed by atoms with E-state index in [0.29, 0.717) is 5.75 Å². The number of para-hydroxylation sites is 1. The van der Waals surface area contributed by atoms with Crippen LogP contribution in [0.5, 0.6) is 5.75 Å². The number of rotatable bonds is 4. The molecule has 4 nitrogen and oxygen atoms in total. The summed E-state index contributed by atoms with van der Waals surface area (Å²) in [6, 6.07) is 8.89. The molecule has 0 radical (unpaired) electrons. The molecule has 1 aliphatic rings. The van der Waals surface area contributed by atoms with Gasteiger partial charge in [0, 0.05) is 6.08 Å². The van der Waals surface area contributed by atoms with E-state index in [9.17, 15) is 9.59 Å². The van der Waals surface area contributed by atoms with Crippen LogP contribution in [0.4, 0.5) is 0 Å². The van der Waals surface area contributed by atoms with Gasteiger partial charge in [-0.05, 0) is 44.2 Å². The van der Waals surface area contributed by atoms with Crippen LogP contribution in [0.2, 0.25) is 0 Å². The summed E-state index contributed by atoms with van der Waals surface area (Å²) in [4.78, 5) is 24.0. The van der Waals surface area contributed by atoms with E-state index in [2.05, 4.69) is 0 Å². The highest BCUT2D eigenvalue weighted by Crippen LogP contribution is 2.59. The zero-order valence-electron chi connectivity index (χ0n) is 14.3. The molecular formula is C19H24O4. The van der Waals surface area contributed by atoms with Crippen molar-refractivity contribution in [1.82, 2.24) is 0 Å². The van der Waals surface area contributed by atoms with E-state index in [4.69, 9.17) is 9.47 Å². The van der Waals surface area contributed by atoms with Crippen LogP contribution in [0.3, 0.4) is 0 Å². The number of esters is 2. The second kappa shape index (κ2) is 6.19. The Hall–Kier alpha value is -2.10. The van der Waals surface area contributed by atoms with Gasteiger partial charge in [-0.15, -0.1) is 0 Å². The van der Waals surface area contributed by atoms with Crippen molar-refractivity contribution in [3.63, 3.8) is 0 Å². The van der Waals surface area contributed by atoms with Crippen LogP contribution in [0.1, 0.15) is 34.6 Å². The largest absolute Gasteiger partial charge is 0.460 e. The Balaban J connectivity index is 1.94. The Kier molecular flexibility index (Phi) is 4.64. The van der Waals surface area contributed by atoms with Gasteiger partial charge in [-0.25, -0.2) is 4.79 Å². The van der Waals surface area contributed by atoms with Gasteiger partial charge in [0.25, 0.3) is 0 Å². The molecular weight excluding hydrogens is 292 g/mol. The van der Waals surface area contributed by atoms with Crippen molar-refractivity contribution in [2.45, 2.75) is 40.2 Å². The molecule has 4 heteroatoms. The average molecular weight is 316 g/mol. The molecule has 1 aliphatic carbocycles. The van der Waals surface area contributed by atoms with E-state index in [1.54, 1.807) is 30.3 Å². The standard InChI is InChI=1S/C19H24O4/c1-18(2,3)23-17(21)16-14(19(16,4)5)11-12-15(20)22-13-9-7-6-8-10-13/h6-12,14,16H,1-5H3/b12-11-/t14-,16-/m0/s1. The zero-order chi connectivity index (χ0) is 17.3. The molecule has 0 spiro atoms. The molecule has 1 saturated carbocycles. The first-order chi connectivity index (χ1) is 10.6. The first-order valence-corrected chi connectivity index (χ1v) is 7.79. The summed E-state index contributed by atoms with van der Waals surface area (Å²) >= 11 is 0. The molecule has 1 aromatic rings. The van der Waals surface area contributed by atoms with Crippen molar-refractivity contribution in [3.05, 3.63) is 42.5 Å². The Labute approximate surface area is 137 Å². The monoisotopic (exact) mass is 316 g/mol. The second-order valence-corrected chi connectivity index (χ2v) is 7.45. The van der Waals surface area contributed by atoms with Crippen molar-refractivity contribution < 1.29 is 19.1 Å². The molecule has 0 unspecified atom stereocenters. The molecule has 0 heterocycles. The van der Waals surface area contributed by atoms with Gasteiger partial charge in [-0.3, -0.25) is 4.79 Å². The smallest absolute Gasteiger partial charge is 0.335 e. The molecule has 0 saturated heterocycles. The van der Waals surface area contributed by atoms with Gasteiger partial charge in [0.1, 0.15) is 11.4 Å². The SMILES string of the molecule is CC(C)(C)OC(=O)[C@@H]1[C@H](/C=C\C(=O)Oc2ccccc2)C1(C)C. The minimum absolute atomic E-state index is 0.0133. The molecule has 0 aliphatic heterocycles. The molecule has 2 atom stereocenters. The Bertz CT molecular complexity index is 608. The molecule has 124 valence electrons. The van der Waals surface area contributed by atoms with Gasteiger partial charge in [0.05, 0.1) is 5.92 Å². The van der Waals surface area contributed by atoms with E-state index in [0.717, 1.165) is 0 Å². The topological polar surface area (TPSA) is 52.6 Å². The molecule has 0 amide bonds. The minimum Gasteiger partial charge on any atom is -0.460 e. The Morgan fingerprint density at radius 3 is 2.30 bits per heavy atom. The van der Waals surface area contributed by atoms with Gasteiger partial charge in [-0.2, -0.15) is 0 Å². The fraction of sp³-hybridized carbons (Fsp3) is 0.474. The van der Waals surface area contributed by atoms with Crippen molar-refractivity contribution in [2.75, 3.05) is 0 Å². The number of ether oxygens (including phenoxy) is 2. The fourth-order valence-electron chi connectivity index (χ4n) is 2.67. The van der Waals surface area contributed by atoms with E-state index >= 15 is 0 Å². The summed E-state index contributed by atoms with van der Waals surface area (Å²) in [5.41, 5.74) is -0.706. The number of carbonyl (C=O) groups is 2. The predicted molar refractivity (Wildman–Crippen MR) is 87.8 cm³/mol. The lowest BCUT2D eigenvalue weighted by atomic mass is 10.1. The highest BCUT2D eigenvalue weighted by molar-refractivity contribution is 5.85. The molecule has 1 aromatic carbocycles. The van der Waals surface area contributed by atoms with E-state index < -0.39 is 11.6 Å². The first kappa shape index (κ1) is 17.3. The fourth-order valence-corrected chi connectivity index (χ4v) is 2.67. The first-order valence-electron chi connectivity index (χ1n) is 7.79. The summed E-state index contributed by atoms with van der Waals surface area (Å²) < 4.78 is 10.6. The molecule has 0 N–H and O–H groups in total. The lowest BCUT2D eigenvalue weighted by Crippen LogP contribution is -2.26. The summed E-state index contributed by atoms with van der Waals surface area (Å²) in [5, 5.41) is 0. The van der Waals surface area contributed by atoms with Crippen LogP contribution in [-0.4, -0.2) is 17.5 Å². The van der Waals surface area contributed by atoms with Crippen LogP contribution in [0, 0.1) is 17.3 Å². The zero-order valence-corrected chi connectivity index (χ0v) is 14.3. The van der Waals surface area contributed by atoms with Gasteiger partial charge < -0.3 is 9.47 Å². The van der Waals surface area contributed by atoms with E-state index in [1.807, 2.05) is 40.7 Å². The lowest BCUT2D eigenvalue weighted by molar-refractivity contribution is -0.157. The van der Waals surface area contributed by atoms with E-state index in [-0.39, 0.29) is 23.2 Å². The van der Waals surface area contributed by atoms with Crippen LogP contribution >= 0.6 is 0 Å². The van der Waals surface area contributed by atoms with Crippen molar-refractivity contribution in [3.8, 4) is 5.75 Å². The Morgan fingerprint density at radius 2 is 1.74 bits per heavy atom. The van der Waals surface area contributed by atoms with E-state index in [1.165, 1.54) is 6.08 Å². The molecule has 0 bridgehead atoms. The van der Waals surface area contributed by atoms with Gasteiger partial charge in [0.15, 0.2) is 0 Å². The number of allylic oxidation sites excluding steroid dienone is 1. The predicted octanol–water partition coefficient (Wildman–Crippen LogP) is 3.76. The number of benzene rings is 1. The molecule has 1 fully saturated rings. The third-order valence-corrected chi connectivity index (χ3v) is 3.97. The van der Waals surface area contributed by atoms with Crippen LogP contribution in [0.25, 0.3) is 0 Å². The number of hydrogen-bond donors (Lipinski definition) is 0. The van der Waals surface area contributed by atoms with Gasteiger partial charge >= 0.3 is 11.9 Å². The third kappa shape index (κ3) is 4.44. The highest BCUT2D eigenvalue weighted by Gasteiger charge is 2.61. The highest BCUT2D eigenvalue weighted by atomic mass is 16.6. The van der Waals surface area contributed by atoms with Gasteiger partial charge in [-0.1, -0.05) is 38.1 Å². The average Bonchev–Trinajstić information content (AvgIpc) is 2.97. The summed E-state index contributed by atoms with van der Waals surface area (Å²) in [5.74, 6) is -0.389. The maximum Gasteiger partial charge on any atom is 0.335 e. The summed E-state index contributed by atoms with van der Waals surface area (Å²) in [6.07, 6.45) is 3.14. The van der Waals surface area contributed by atoms with Crippen LogP contribution < -0.4 is 4.74 Å². The maximum absolute atomic E-state index is 12.2. The van der Waals surface area contributed by atoms with Crippen LogP contribution in [-0.2, 0) is 14.3 Å². The second-order valence-electron chi connectivity index (χ2n) is 7.45. The van der Waals surface area contributed by atoms with Crippen LogP contribution in [0.15, 0.2) is 42.5 Å². The molecule has 2 rings (SSSR count). The van der Waals surface area contributed by atoms with Crippen molar-refractivity contribution in [1.29, 1.82) is 0 Å². The van der Waals surface area contributed by atoms with Crippen molar-refractivity contribution in [2.24, 2.45) is 17.3 Å². The summed E-state index contributed by atoms with van der Waals surface area (Å²) in [6.45, 7) is 9.55. The summed E-state index contributed by atoms with van der Waals surface area (Å²) in [7, 11) is 0. The number of carbonyl (C=O) groups excluding carboxylic acids is 2. The molecule has 23 heavy (non-hydrogen) atoms. The number of hydrogen-bond acceptors (Lipinski definition) is 4. The minimum atomic E-state index is -0.504. The Morgan fingerprint density at radius 1 is 1.13 bits per heavy atom. The van der Waals surface area contributed by atoms with Crippen molar-refractivity contribution >= 4 is 11.9 Å². The normalized spacial score (nSPS) is 22.7. The molecule has 0 aromatic heterocycles. The van der Waals surface area contributed by atoms with Gasteiger partial charge in [0.2, 0.25) is 0 Å². The quantitative estimate of drug-likeness (QED) is 0.482. The maximum atomic E-state index is 12.2. The lowest BCUT2D eigenvalue weighted by Gasteiger charge is -2.19.